The van der Waals surface area contributed by atoms with Crippen molar-refractivity contribution in [1.82, 2.24) is 19.6 Å². The summed E-state index contributed by atoms with van der Waals surface area (Å²) in [6.45, 7) is -0.290. The van der Waals surface area contributed by atoms with Crippen molar-refractivity contribution < 1.29 is 13.6 Å². The molecule has 4 aromatic rings. The molecular weight excluding hydrogens is 374 g/mol. The molecule has 0 bridgehead atoms. The summed E-state index contributed by atoms with van der Waals surface area (Å²) in [6, 6.07) is 14.7. The van der Waals surface area contributed by atoms with Crippen molar-refractivity contribution in [2.75, 3.05) is 5.32 Å². The summed E-state index contributed by atoms with van der Waals surface area (Å²) in [7, 11) is 0. The number of aromatic nitrogens is 4. The smallest absolute Gasteiger partial charge is 0.437 e. The monoisotopic (exact) mass is 391 g/mol. The number of rotatable bonds is 6. The fourth-order valence-electron chi connectivity index (χ4n) is 3.06. The van der Waals surface area contributed by atoms with E-state index in [-0.39, 0.29) is 12.4 Å². The first kappa shape index (κ1) is 17.2. The minimum Gasteiger partial charge on any atom is -0.459 e. The highest BCUT2D eigenvalue weighted by atomic mass is 16.4. The molecule has 0 saturated heterocycles. The van der Waals surface area contributed by atoms with Crippen LogP contribution in [0.4, 0.5) is 5.82 Å². The third-order valence-corrected chi connectivity index (χ3v) is 4.62. The van der Waals surface area contributed by atoms with Crippen LogP contribution in [0.5, 0.6) is 0 Å². The minimum absolute atomic E-state index is 0.0261. The first-order chi connectivity index (χ1) is 14.2. The van der Waals surface area contributed by atoms with Crippen LogP contribution >= 0.6 is 0 Å². The molecule has 1 N–H and O–H groups in total. The molecule has 1 aliphatic rings. The van der Waals surface area contributed by atoms with Gasteiger partial charge in [-0.3, -0.25) is 4.79 Å². The highest BCUT2D eigenvalue weighted by Crippen LogP contribution is 2.40. The van der Waals surface area contributed by atoms with Gasteiger partial charge in [0.05, 0.1) is 17.6 Å². The number of hydrogen-bond acceptors (Lipinski definition) is 6. The van der Waals surface area contributed by atoms with E-state index in [0.717, 1.165) is 28.9 Å². The lowest BCUT2D eigenvalue weighted by molar-refractivity contribution is -0.117. The number of benzene rings is 1. The lowest BCUT2D eigenvalue weighted by Crippen LogP contribution is -2.26. The molecule has 0 atom stereocenters. The van der Waals surface area contributed by atoms with Crippen LogP contribution in [0.25, 0.3) is 17.3 Å². The van der Waals surface area contributed by atoms with E-state index in [1.165, 1.54) is 6.26 Å². The zero-order valence-corrected chi connectivity index (χ0v) is 15.3. The summed E-state index contributed by atoms with van der Waals surface area (Å²) in [4.78, 5) is 24.6. The van der Waals surface area contributed by atoms with E-state index in [4.69, 9.17) is 8.83 Å². The van der Waals surface area contributed by atoms with Crippen LogP contribution in [0.2, 0.25) is 0 Å². The lowest BCUT2D eigenvalue weighted by Gasteiger charge is -2.08. The van der Waals surface area contributed by atoms with E-state index in [1.54, 1.807) is 16.8 Å². The number of para-hydroxylation sites is 1. The first-order valence-electron chi connectivity index (χ1n) is 9.24. The molecule has 1 fully saturated rings. The molecule has 0 radical (unpaired) electrons. The third-order valence-electron chi connectivity index (χ3n) is 4.62. The summed E-state index contributed by atoms with van der Waals surface area (Å²) in [5, 5.41) is 11.5. The molecule has 0 aliphatic heterocycles. The Morgan fingerprint density at radius 2 is 1.97 bits per heavy atom. The Balaban J connectivity index is 1.38. The van der Waals surface area contributed by atoms with Crippen LogP contribution in [-0.4, -0.2) is 25.5 Å². The van der Waals surface area contributed by atoms with Crippen molar-refractivity contribution in [2.24, 2.45) is 0 Å². The average Bonchev–Trinajstić information content (AvgIpc) is 3.12. The van der Waals surface area contributed by atoms with E-state index in [1.807, 2.05) is 36.4 Å². The molecule has 146 valence electrons. The quantitative estimate of drug-likeness (QED) is 0.541. The Kier molecular flexibility index (Phi) is 4.12. The molecule has 5 rings (SSSR count). The van der Waals surface area contributed by atoms with Crippen molar-refractivity contribution in [2.45, 2.75) is 25.3 Å². The predicted molar refractivity (Wildman–Crippen MR) is 103 cm³/mol. The normalized spacial score (nSPS) is 13.5. The maximum atomic E-state index is 12.6. The van der Waals surface area contributed by atoms with E-state index in [9.17, 15) is 9.59 Å². The second kappa shape index (κ2) is 6.93. The van der Waals surface area contributed by atoms with Gasteiger partial charge in [-0.2, -0.15) is 9.78 Å². The molecular formula is C20H17N5O4. The van der Waals surface area contributed by atoms with E-state index >= 15 is 0 Å². The van der Waals surface area contributed by atoms with Crippen molar-refractivity contribution in [3.05, 3.63) is 71.0 Å². The zero-order chi connectivity index (χ0) is 19.8. The van der Waals surface area contributed by atoms with E-state index in [0.29, 0.717) is 17.5 Å². The van der Waals surface area contributed by atoms with Crippen molar-refractivity contribution >= 4 is 11.7 Å². The number of nitrogens with one attached hydrogen (secondary N) is 1. The van der Waals surface area contributed by atoms with Crippen molar-refractivity contribution in [1.29, 1.82) is 0 Å². The number of nitrogens with zero attached hydrogens (tertiary/aromatic N) is 4. The molecule has 29 heavy (non-hydrogen) atoms. The fourth-order valence-corrected chi connectivity index (χ4v) is 3.06. The Labute approximate surface area is 164 Å². The van der Waals surface area contributed by atoms with Crippen LogP contribution in [-0.2, 0) is 11.3 Å². The van der Waals surface area contributed by atoms with Crippen LogP contribution in [0.3, 0.4) is 0 Å². The van der Waals surface area contributed by atoms with Gasteiger partial charge in [-0.25, -0.2) is 9.48 Å². The van der Waals surface area contributed by atoms with Gasteiger partial charge >= 0.3 is 5.76 Å². The van der Waals surface area contributed by atoms with Gasteiger partial charge in [-0.05, 0) is 37.1 Å². The van der Waals surface area contributed by atoms with Crippen molar-refractivity contribution in [3.63, 3.8) is 0 Å². The van der Waals surface area contributed by atoms with Crippen LogP contribution in [0.15, 0.2) is 68.4 Å². The first-order valence-corrected chi connectivity index (χ1v) is 9.24. The topological polar surface area (TPSA) is 108 Å². The molecule has 3 aromatic heterocycles. The number of furan rings is 1. The zero-order valence-electron chi connectivity index (χ0n) is 15.3. The van der Waals surface area contributed by atoms with Gasteiger partial charge < -0.3 is 14.2 Å². The summed E-state index contributed by atoms with van der Waals surface area (Å²) in [6.07, 6.45) is 3.65. The Hall–Kier alpha value is -3.88. The largest absolute Gasteiger partial charge is 0.459 e. The standard InChI is InChI=1S/C20H17N5O4/c26-18(12-24-20(27)29-19(23-24)16-7-4-10-28-16)21-17-11-15(13-8-9-13)22-25(17)14-5-2-1-3-6-14/h1-7,10-11,13H,8-9,12H2,(H,21,26). The number of carbonyl (C=O) groups is 1. The SMILES string of the molecule is O=C(Cn1nc(-c2ccco2)oc1=O)Nc1cc(C2CC2)nn1-c1ccccc1. The molecule has 9 heteroatoms. The second-order valence-corrected chi connectivity index (χ2v) is 6.83. The average molecular weight is 391 g/mol. The fraction of sp³-hybridized carbons (Fsp3) is 0.200. The van der Waals surface area contributed by atoms with E-state index < -0.39 is 11.7 Å². The van der Waals surface area contributed by atoms with Crippen molar-refractivity contribution in [3.8, 4) is 17.3 Å². The minimum atomic E-state index is -0.734. The van der Waals surface area contributed by atoms with E-state index in [2.05, 4.69) is 15.5 Å². The van der Waals surface area contributed by atoms with Crippen LogP contribution in [0.1, 0.15) is 24.5 Å². The van der Waals surface area contributed by atoms with Crippen LogP contribution < -0.4 is 11.1 Å². The third kappa shape index (κ3) is 3.49. The Bertz CT molecular complexity index is 1200. The second-order valence-electron chi connectivity index (χ2n) is 6.83. The van der Waals surface area contributed by atoms with Gasteiger partial charge in [-0.1, -0.05) is 18.2 Å². The summed E-state index contributed by atoms with van der Waals surface area (Å²) in [5.74, 6) is 0.179. The number of anilines is 1. The summed E-state index contributed by atoms with van der Waals surface area (Å²) >= 11 is 0. The number of hydrogen-bond donors (Lipinski definition) is 1. The number of amides is 1. The summed E-state index contributed by atoms with van der Waals surface area (Å²) in [5.41, 5.74) is 1.79. The maximum Gasteiger partial charge on any atom is 0.437 e. The molecule has 0 unspecified atom stereocenters. The highest BCUT2D eigenvalue weighted by molar-refractivity contribution is 5.90. The Morgan fingerprint density at radius 1 is 1.14 bits per heavy atom. The highest BCUT2D eigenvalue weighted by Gasteiger charge is 2.28. The molecule has 9 nitrogen and oxygen atoms in total. The maximum absolute atomic E-state index is 12.6. The van der Waals surface area contributed by atoms with Gasteiger partial charge in [0.1, 0.15) is 12.4 Å². The molecule has 3 heterocycles. The Morgan fingerprint density at radius 3 is 2.69 bits per heavy atom. The molecule has 1 aliphatic carbocycles. The van der Waals surface area contributed by atoms with Gasteiger partial charge in [-0.15, -0.1) is 5.10 Å². The summed E-state index contributed by atoms with van der Waals surface area (Å²) < 4.78 is 12.9. The molecule has 1 aromatic carbocycles. The predicted octanol–water partition coefficient (Wildman–Crippen LogP) is 2.80. The van der Waals surface area contributed by atoms with Gasteiger partial charge in [0.25, 0.3) is 5.89 Å². The number of carbonyl (C=O) groups excluding carboxylic acids is 1. The van der Waals surface area contributed by atoms with Gasteiger partial charge in [0.15, 0.2) is 5.76 Å². The molecule has 1 saturated carbocycles. The lowest BCUT2D eigenvalue weighted by atomic mass is 10.3. The molecule has 0 spiro atoms. The molecule has 1 amide bonds. The van der Waals surface area contributed by atoms with Gasteiger partial charge in [0.2, 0.25) is 5.91 Å². The van der Waals surface area contributed by atoms with Crippen LogP contribution in [0, 0.1) is 0 Å². The van der Waals surface area contributed by atoms with Gasteiger partial charge in [0, 0.05) is 12.0 Å².